The lowest BCUT2D eigenvalue weighted by molar-refractivity contribution is -0.132. The molecule has 0 aromatic rings. The van der Waals surface area contributed by atoms with Crippen molar-refractivity contribution in [2.24, 2.45) is 34.5 Å². The van der Waals surface area contributed by atoms with Crippen LogP contribution in [0.4, 0.5) is 0 Å². The summed E-state index contributed by atoms with van der Waals surface area (Å²) in [5, 5.41) is 0. The Hall–Kier alpha value is -1.27. The first kappa shape index (κ1) is 19.1. The molecule has 0 aromatic heterocycles. The predicted octanol–water partition coefficient (Wildman–Crippen LogP) is 3.07. The minimum atomic E-state index is -3.55. The van der Waals surface area contributed by atoms with Crippen molar-refractivity contribution >= 4 is 21.7 Å². The molecule has 0 aliphatic heterocycles. The van der Waals surface area contributed by atoms with Crippen molar-refractivity contribution in [3.63, 3.8) is 0 Å². The van der Waals surface area contributed by atoms with Crippen LogP contribution in [0.15, 0.2) is 23.8 Å². The maximum atomic E-state index is 12.6. The maximum absolute atomic E-state index is 12.6. The third kappa shape index (κ3) is 2.96. The number of fused-ring (bicyclic) bond motifs is 5. The van der Waals surface area contributed by atoms with Gasteiger partial charge in [-0.05, 0) is 55.6 Å². The molecule has 148 valence electrons. The molecule has 0 N–H and O–H groups in total. The Morgan fingerprint density at radius 3 is 2.63 bits per heavy atom. The molecule has 0 unspecified atom stereocenters. The monoisotopic (exact) mass is 392 g/mol. The van der Waals surface area contributed by atoms with Gasteiger partial charge in [-0.3, -0.25) is 13.8 Å². The largest absolute Gasteiger partial charge is 0.299 e. The van der Waals surface area contributed by atoms with Crippen LogP contribution in [0.25, 0.3) is 0 Å². The first-order valence-corrected chi connectivity index (χ1v) is 11.7. The van der Waals surface area contributed by atoms with E-state index in [1.54, 1.807) is 12.2 Å². The van der Waals surface area contributed by atoms with Crippen LogP contribution in [-0.4, -0.2) is 32.8 Å². The number of Topliss-reactive ketones (excluding diaryl/α,β-unsaturated/α-hetero) is 1. The zero-order valence-corrected chi connectivity index (χ0v) is 17.1. The molecule has 4 rings (SSSR count). The van der Waals surface area contributed by atoms with Crippen LogP contribution >= 0.6 is 0 Å². The number of hydrogen-bond donors (Lipinski definition) is 0. The molecule has 0 aromatic carbocycles. The van der Waals surface area contributed by atoms with E-state index in [9.17, 15) is 18.0 Å². The van der Waals surface area contributed by atoms with Gasteiger partial charge in [0, 0.05) is 23.2 Å². The number of ketones is 2. The number of hydrogen-bond acceptors (Lipinski definition) is 5. The molecule has 6 heteroatoms. The predicted molar refractivity (Wildman–Crippen MR) is 101 cm³/mol. The van der Waals surface area contributed by atoms with Gasteiger partial charge in [-0.15, -0.1) is 0 Å². The Labute approximate surface area is 161 Å². The van der Waals surface area contributed by atoms with Crippen molar-refractivity contribution in [3.8, 4) is 0 Å². The van der Waals surface area contributed by atoms with E-state index in [4.69, 9.17) is 4.18 Å². The van der Waals surface area contributed by atoms with Gasteiger partial charge in [0.1, 0.15) is 5.78 Å². The van der Waals surface area contributed by atoms with Gasteiger partial charge in [-0.1, -0.05) is 25.5 Å². The van der Waals surface area contributed by atoms with Crippen LogP contribution in [0, 0.1) is 34.5 Å². The molecule has 0 amide bonds. The van der Waals surface area contributed by atoms with E-state index in [2.05, 4.69) is 13.8 Å². The quantitative estimate of drug-likeness (QED) is 0.690. The molecular weight excluding hydrogens is 364 g/mol. The highest BCUT2D eigenvalue weighted by molar-refractivity contribution is 7.85. The van der Waals surface area contributed by atoms with Crippen LogP contribution < -0.4 is 0 Å². The average Bonchev–Trinajstić information content (AvgIpc) is 2.88. The summed E-state index contributed by atoms with van der Waals surface area (Å²) in [6.07, 6.45) is 10.7. The molecule has 0 spiro atoms. The van der Waals surface area contributed by atoms with Crippen LogP contribution in [0.3, 0.4) is 0 Å². The molecule has 0 heterocycles. The van der Waals surface area contributed by atoms with Gasteiger partial charge in [0.05, 0.1) is 12.9 Å². The molecule has 3 saturated carbocycles. The van der Waals surface area contributed by atoms with Crippen molar-refractivity contribution in [2.45, 2.75) is 46.0 Å². The minimum Gasteiger partial charge on any atom is -0.299 e. The second kappa shape index (κ2) is 6.11. The summed E-state index contributed by atoms with van der Waals surface area (Å²) in [5.41, 5.74) is 0.498. The zero-order chi connectivity index (χ0) is 19.6. The van der Waals surface area contributed by atoms with E-state index in [1.807, 2.05) is 6.08 Å². The third-order valence-electron chi connectivity index (χ3n) is 7.91. The summed E-state index contributed by atoms with van der Waals surface area (Å²) in [5.74, 6) is 1.31. The minimum absolute atomic E-state index is 0.0398. The van der Waals surface area contributed by atoms with Gasteiger partial charge in [-0.25, -0.2) is 0 Å². The first-order valence-electron chi connectivity index (χ1n) is 9.87. The second-order valence-corrected chi connectivity index (χ2v) is 11.0. The fourth-order valence-corrected chi connectivity index (χ4v) is 6.97. The van der Waals surface area contributed by atoms with E-state index < -0.39 is 10.1 Å². The van der Waals surface area contributed by atoms with Gasteiger partial charge in [0.2, 0.25) is 0 Å². The molecule has 27 heavy (non-hydrogen) atoms. The van der Waals surface area contributed by atoms with Crippen molar-refractivity contribution in [3.05, 3.63) is 23.8 Å². The normalized spacial score (nSPS) is 43.7. The number of allylic oxidation sites excluding steroid dienone is 3. The fourth-order valence-electron chi connectivity index (χ4n) is 6.55. The molecule has 0 saturated heterocycles. The highest BCUT2D eigenvalue weighted by atomic mass is 32.2. The zero-order valence-electron chi connectivity index (χ0n) is 16.2. The maximum Gasteiger partial charge on any atom is 0.264 e. The third-order valence-corrected chi connectivity index (χ3v) is 8.47. The Balaban J connectivity index is 1.72. The summed E-state index contributed by atoms with van der Waals surface area (Å²) in [6.45, 7) is 4.37. The number of rotatable bonds is 3. The Morgan fingerprint density at radius 2 is 1.93 bits per heavy atom. The standard InChI is InChI=1S/C21H28O5S/c1-20-8-6-14(22)11-18(20)13(12-26-27(3,24)25)10-15-16-4-5-19(23)21(16,2)9-7-17(15)20/h6,8,11,13,15-17H,4-5,7,9-10,12H2,1-3H3/t13-,15+,16+,17+,20-,21+/m1/s1. The molecule has 0 bridgehead atoms. The molecule has 4 aliphatic carbocycles. The lowest BCUT2D eigenvalue weighted by atomic mass is 9.46. The highest BCUT2D eigenvalue weighted by Crippen LogP contribution is 2.64. The van der Waals surface area contributed by atoms with Crippen LogP contribution in [0.1, 0.15) is 46.0 Å². The average molecular weight is 393 g/mol. The number of carbonyl (C=O) groups excluding carboxylic acids is 2. The van der Waals surface area contributed by atoms with Crippen LogP contribution in [0.5, 0.6) is 0 Å². The van der Waals surface area contributed by atoms with Crippen molar-refractivity contribution in [2.75, 3.05) is 12.9 Å². The Morgan fingerprint density at radius 1 is 1.19 bits per heavy atom. The first-order chi connectivity index (χ1) is 12.5. The molecule has 4 aliphatic rings. The molecule has 3 fully saturated rings. The van der Waals surface area contributed by atoms with Crippen LogP contribution in [-0.2, 0) is 23.9 Å². The van der Waals surface area contributed by atoms with E-state index in [0.717, 1.165) is 37.5 Å². The molecule has 0 radical (unpaired) electrons. The van der Waals surface area contributed by atoms with E-state index in [1.165, 1.54) is 0 Å². The van der Waals surface area contributed by atoms with E-state index >= 15 is 0 Å². The van der Waals surface area contributed by atoms with E-state index in [-0.39, 0.29) is 29.1 Å². The molecule has 6 atom stereocenters. The highest BCUT2D eigenvalue weighted by Gasteiger charge is 2.60. The Bertz CT molecular complexity index is 854. The van der Waals surface area contributed by atoms with E-state index in [0.29, 0.717) is 30.0 Å². The fraction of sp³-hybridized carbons (Fsp3) is 0.714. The van der Waals surface area contributed by atoms with Gasteiger partial charge in [0.15, 0.2) is 5.78 Å². The van der Waals surface area contributed by atoms with Crippen molar-refractivity contribution < 1.29 is 22.2 Å². The van der Waals surface area contributed by atoms with Gasteiger partial charge in [-0.2, -0.15) is 8.42 Å². The second-order valence-electron chi connectivity index (χ2n) is 9.33. The lowest BCUT2D eigenvalue weighted by Crippen LogP contribution is -2.52. The summed E-state index contributed by atoms with van der Waals surface area (Å²) in [4.78, 5) is 24.7. The van der Waals surface area contributed by atoms with Gasteiger partial charge < -0.3 is 0 Å². The number of carbonyl (C=O) groups is 2. The molecular formula is C21H28O5S. The van der Waals surface area contributed by atoms with Crippen molar-refractivity contribution in [1.82, 2.24) is 0 Å². The smallest absolute Gasteiger partial charge is 0.264 e. The summed E-state index contributed by atoms with van der Waals surface area (Å²) < 4.78 is 28.3. The lowest BCUT2D eigenvalue weighted by Gasteiger charge is -2.57. The summed E-state index contributed by atoms with van der Waals surface area (Å²) >= 11 is 0. The summed E-state index contributed by atoms with van der Waals surface area (Å²) in [7, 11) is -3.55. The topological polar surface area (TPSA) is 77.5 Å². The van der Waals surface area contributed by atoms with Crippen LogP contribution in [0.2, 0.25) is 0 Å². The van der Waals surface area contributed by atoms with Gasteiger partial charge in [0.25, 0.3) is 10.1 Å². The van der Waals surface area contributed by atoms with Crippen molar-refractivity contribution in [1.29, 1.82) is 0 Å². The summed E-state index contributed by atoms with van der Waals surface area (Å²) in [6, 6.07) is 0. The SMILES string of the molecule is C[C@]12C=CC(=O)C=C1[C@@H](COS(C)(=O)=O)C[C@@H]1[C@@H]2CC[C@]2(C)C(=O)CC[C@@H]12. The van der Waals surface area contributed by atoms with Gasteiger partial charge >= 0.3 is 0 Å². The Kier molecular flexibility index (Phi) is 4.32. The molecule has 5 nitrogen and oxygen atoms in total.